The Morgan fingerprint density at radius 1 is 1.26 bits per heavy atom. The highest BCUT2D eigenvalue weighted by molar-refractivity contribution is 8.15. The molecule has 0 saturated carbocycles. The largest absolute Gasteiger partial charge is 0.398 e. The second-order valence-corrected chi connectivity index (χ2v) is 6.23. The van der Waals surface area contributed by atoms with Gasteiger partial charge in [-0.05, 0) is 36.6 Å². The molecule has 0 radical (unpaired) electrons. The molecule has 0 aliphatic heterocycles. The first-order valence-corrected chi connectivity index (χ1v) is 8.32. The van der Waals surface area contributed by atoms with Gasteiger partial charge in [0.25, 0.3) is 0 Å². The van der Waals surface area contributed by atoms with Crippen LogP contribution in [-0.2, 0) is 6.54 Å². The fourth-order valence-electron chi connectivity index (χ4n) is 1.59. The molecule has 0 unspecified atom stereocenters. The van der Waals surface area contributed by atoms with Crippen molar-refractivity contribution in [1.29, 1.82) is 0 Å². The Labute approximate surface area is 122 Å². The summed E-state index contributed by atoms with van der Waals surface area (Å²) >= 11 is 3.56. The summed E-state index contributed by atoms with van der Waals surface area (Å²) in [5.41, 5.74) is 8.90. The number of nitrogen functional groups attached to an aromatic ring is 1. The molecule has 0 bridgehead atoms. The summed E-state index contributed by atoms with van der Waals surface area (Å²) in [6.45, 7) is 0.720. The zero-order valence-corrected chi connectivity index (χ0v) is 12.4. The lowest BCUT2D eigenvalue weighted by atomic mass is 10.2. The number of nitrogens with one attached hydrogen (secondary N) is 1. The van der Waals surface area contributed by atoms with Gasteiger partial charge < -0.3 is 11.1 Å². The van der Waals surface area contributed by atoms with E-state index in [0.717, 1.165) is 33.6 Å². The normalized spacial score (nSPS) is 10.4. The van der Waals surface area contributed by atoms with E-state index in [1.165, 1.54) is 0 Å². The van der Waals surface area contributed by atoms with Crippen molar-refractivity contribution < 1.29 is 0 Å². The lowest BCUT2D eigenvalue weighted by Gasteiger charge is -2.10. The number of benzene rings is 1. The number of rotatable bonds is 6. The van der Waals surface area contributed by atoms with Crippen LogP contribution in [0.3, 0.4) is 0 Å². The van der Waals surface area contributed by atoms with Crippen molar-refractivity contribution in [2.45, 2.75) is 11.4 Å². The fraction of sp³-hybridized carbons (Fsp3) is 0.214. The molecule has 0 saturated heterocycles. The summed E-state index contributed by atoms with van der Waals surface area (Å²) in [5.74, 6) is 0. The lowest BCUT2D eigenvalue weighted by molar-refractivity contribution is 1.04. The Balaban J connectivity index is 2.00. The summed E-state index contributed by atoms with van der Waals surface area (Å²) < 4.78 is 0. The Kier molecular flexibility index (Phi) is 5.42. The minimum Gasteiger partial charge on any atom is -0.398 e. The molecule has 3 nitrogen and oxygen atoms in total. The molecule has 19 heavy (non-hydrogen) atoms. The van der Waals surface area contributed by atoms with Crippen LogP contribution in [0.4, 0.5) is 11.4 Å². The Bertz CT molecular complexity index is 517. The molecule has 1 aromatic heterocycles. The van der Waals surface area contributed by atoms with Gasteiger partial charge in [0.2, 0.25) is 0 Å². The molecule has 2 rings (SSSR count). The first-order valence-electron chi connectivity index (χ1n) is 5.94. The van der Waals surface area contributed by atoms with Gasteiger partial charge in [-0.2, -0.15) is 11.8 Å². The smallest absolute Gasteiger partial charge is 0.0594 e. The molecule has 0 atom stereocenters. The van der Waals surface area contributed by atoms with E-state index in [1.807, 2.05) is 30.3 Å². The van der Waals surface area contributed by atoms with Crippen LogP contribution in [0.1, 0.15) is 5.69 Å². The first kappa shape index (κ1) is 14.1. The van der Waals surface area contributed by atoms with Crippen molar-refractivity contribution in [2.24, 2.45) is 0 Å². The first-order chi connectivity index (χ1) is 9.29. The number of aromatic nitrogens is 1. The zero-order chi connectivity index (χ0) is 13.5. The number of anilines is 2. The zero-order valence-electron chi connectivity index (χ0n) is 10.8. The van der Waals surface area contributed by atoms with E-state index in [-0.39, 0.29) is 0 Å². The maximum Gasteiger partial charge on any atom is 0.0594 e. The molecule has 1 aromatic carbocycles. The van der Waals surface area contributed by atoms with Crippen molar-refractivity contribution in [2.75, 3.05) is 22.4 Å². The van der Waals surface area contributed by atoms with E-state index in [4.69, 9.17) is 5.73 Å². The molecule has 0 spiro atoms. The molecule has 5 heteroatoms. The van der Waals surface area contributed by atoms with Crippen LogP contribution in [0.2, 0.25) is 0 Å². The van der Waals surface area contributed by atoms with E-state index in [1.54, 1.807) is 29.7 Å². The Morgan fingerprint density at radius 3 is 2.89 bits per heavy atom. The van der Waals surface area contributed by atoms with E-state index in [9.17, 15) is 0 Å². The topological polar surface area (TPSA) is 50.9 Å². The van der Waals surface area contributed by atoms with Gasteiger partial charge in [-0.15, -0.1) is 11.8 Å². The van der Waals surface area contributed by atoms with Gasteiger partial charge in [-0.25, -0.2) is 0 Å². The molecule has 0 amide bonds. The van der Waals surface area contributed by atoms with Gasteiger partial charge in [0.15, 0.2) is 0 Å². The van der Waals surface area contributed by atoms with Crippen LogP contribution < -0.4 is 11.1 Å². The average Bonchev–Trinajstić information content (AvgIpc) is 2.46. The average molecular weight is 291 g/mol. The molecule has 100 valence electrons. The summed E-state index contributed by atoms with van der Waals surface area (Å²) in [6, 6.07) is 12.0. The minimum absolute atomic E-state index is 0.720. The van der Waals surface area contributed by atoms with Gasteiger partial charge in [-0.3, -0.25) is 4.98 Å². The molecular weight excluding hydrogens is 274 g/mol. The van der Waals surface area contributed by atoms with E-state index in [2.05, 4.69) is 22.6 Å². The standard InChI is InChI=1S/C14H17N3S2/c1-18-10-19-14-8-11(5-6-13(14)15)17-9-12-4-2-3-7-16-12/h2-8,17H,9-10,15H2,1H3. The number of nitrogens with zero attached hydrogens (tertiary/aromatic N) is 1. The van der Waals surface area contributed by atoms with Crippen LogP contribution in [0.15, 0.2) is 47.5 Å². The number of pyridine rings is 1. The number of hydrogen-bond donors (Lipinski definition) is 2. The molecule has 1 heterocycles. The number of hydrogen-bond acceptors (Lipinski definition) is 5. The van der Waals surface area contributed by atoms with Crippen LogP contribution in [0.25, 0.3) is 0 Å². The summed E-state index contributed by atoms with van der Waals surface area (Å²) in [4.78, 5) is 5.41. The van der Waals surface area contributed by atoms with Crippen LogP contribution in [0, 0.1) is 0 Å². The third-order valence-corrected chi connectivity index (χ3v) is 4.62. The lowest BCUT2D eigenvalue weighted by Crippen LogP contribution is -2.01. The van der Waals surface area contributed by atoms with Crippen LogP contribution in [0.5, 0.6) is 0 Å². The Morgan fingerprint density at radius 2 is 2.16 bits per heavy atom. The SMILES string of the molecule is CSCSc1cc(NCc2ccccn2)ccc1N. The molecule has 0 aliphatic carbocycles. The van der Waals surface area contributed by atoms with Gasteiger partial charge in [0.1, 0.15) is 0 Å². The highest BCUT2D eigenvalue weighted by Gasteiger charge is 2.02. The molecule has 0 aliphatic rings. The van der Waals surface area contributed by atoms with Gasteiger partial charge in [0, 0.05) is 27.6 Å². The predicted molar refractivity (Wildman–Crippen MR) is 86.7 cm³/mol. The van der Waals surface area contributed by atoms with Gasteiger partial charge in [0.05, 0.1) is 12.2 Å². The van der Waals surface area contributed by atoms with Crippen molar-refractivity contribution in [1.82, 2.24) is 4.98 Å². The van der Waals surface area contributed by atoms with Crippen molar-refractivity contribution >= 4 is 34.9 Å². The quantitative estimate of drug-likeness (QED) is 0.483. The van der Waals surface area contributed by atoms with Crippen molar-refractivity contribution in [3.63, 3.8) is 0 Å². The molecule has 0 fully saturated rings. The number of nitrogens with two attached hydrogens (primary N) is 1. The third-order valence-electron chi connectivity index (χ3n) is 2.55. The predicted octanol–water partition coefficient (Wildman–Crippen LogP) is 3.69. The highest BCUT2D eigenvalue weighted by atomic mass is 32.2. The molecule has 3 N–H and O–H groups in total. The maximum atomic E-state index is 5.97. The maximum absolute atomic E-state index is 5.97. The summed E-state index contributed by atoms with van der Waals surface area (Å²) in [5, 5.41) is 4.37. The Hall–Kier alpha value is -1.33. The van der Waals surface area contributed by atoms with Gasteiger partial charge in [-0.1, -0.05) is 6.07 Å². The fourth-order valence-corrected chi connectivity index (χ4v) is 3.01. The van der Waals surface area contributed by atoms with Crippen LogP contribution >= 0.6 is 23.5 Å². The van der Waals surface area contributed by atoms with Crippen molar-refractivity contribution in [3.05, 3.63) is 48.3 Å². The molecular formula is C14H17N3S2. The summed E-state index contributed by atoms with van der Waals surface area (Å²) in [6.07, 6.45) is 3.89. The molecule has 2 aromatic rings. The second kappa shape index (κ2) is 7.31. The van der Waals surface area contributed by atoms with E-state index < -0.39 is 0 Å². The van der Waals surface area contributed by atoms with E-state index in [0.29, 0.717) is 0 Å². The highest BCUT2D eigenvalue weighted by Crippen LogP contribution is 2.30. The van der Waals surface area contributed by atoms with E-state index >= 15 is 0 Å². The minimum atomic E-state index is 0.720. The monoisotopic (exact) mass is 291 g/mol. The second-order valence-electron chi connectivity index (χ2n) is 3.98. The van der Waals surface area contributed by atoms with Gasteiger partial charge >= 0.3 is 0 Å². The summed E-state index contributed by atoms with van der Waals surface area (Å²) in [7, 11) is 0. The van der Waals surface area contributed by atoms with Crippen molar-refractivity contribution in [3.8, 4) is 0 Å². The number of thioether (sulfide) groups is 2. The van der Waals surface area contributed by atoms with Crippen LogP contribution in [-0.4, -0.2) is 16.3 Å². The third kappa shape index (κ3) is 4.36.